The molecule has 2 N–H and O–H groups in total. The van der Waals surface area contributed by atoms with E-state index in [9.17, 15) is 5.11 Å². The van der Waals surface area contributed by atoms with Crippen LogP contribution in [0.1, 0.15) is 18.2 Å². The molecule has 0 aliphatic carbocycles. The first kappa shape index (κ1) is 16.0. The number of rotatable bonds is 7. The van der Waals surface area contributed by atoms with Crippen molar-refractivity contribution in [1.29, 1.82) is 0 Å². The molecule has 0 radical (unpaired) electrons. The van der Waals surface area contributed by atoms with Crippen molar-refractivity contribution in [1.82, 2.24) is 10.2 Å². The smallest absolute Gasteiger partial charge is 0.152 e. The second-order valence-electron chi connectivity index (χ2n) is 5.00. The molecule has 6 nitrogen and oxygen atoms in total. The van der Waals surface area contributed by atoms with Crippen LogP contribution < -0.4 is 14.8 Å². The van der Waals surface area contributed by atoms with Crippen LogP contribution in [-0.2, 0) is 13.0 Å². The number of hydrogen-bond acceptors (Lipinski definition) is 6. The first-order valence-corrected chi connectivity index (χ1v) is 7.08. The van der Waals surface area contributed by atoms with E-state index in [4.69, 9.17) is 9.47 Å². The normalized spacial score (nSPS) is 11.8. The average molecular weight is 303 g/mol. The number of aromatic nitrogens is 2. The highest BCUT2D eigenvalue weighted by molar-refractivity contribution is 5.43. The summed E-state index contributed by atoms with van der Waals surface area (Å²) in [5, 5.41) is 20.9. The topological polar surface area (TPSA) is 76.5 Å². The number of methoxy groups -OCH3 is 2. The summed E-state index contributed by atoms with van der Waals surface area (Å²) in [6.07, 6.45) is -0.0733. The summed E-state index contributed by atoms with van der Waals surface area (Å²) < 4.78 is 10.4. The molecule has 6 heteroatoms. The molecule has 0 aliphatic rings. The first-order valence-electron chi connectivity index (χ1n) is 7.08. The number of hydrogen-bond donors (Lipinski definition) is 2. The van der Waals surface area contributed by atoms with Crippen molar-refractivity contribution in [3.05, 3.63) is 41.6 Å². The molecule has 1 aromatic carbocycles. The van der Waals surface area contributed by atoms with Crippen molar-refractivity contribution in [2.75, 3.05) is 19.5 Å². The molecule has 0 aliphatic heterocycles. The van der Waals surface area contributed by atoms with E-state index in [0.29, 0.717) is 30.2 Å². The Kier molecular flexibility index (Phi) is 5.55. The lowest BCUT2D eigenvalue weighted by Crippen LogP contribution is -2.10. The molecular weight excluding hydrogens is 282 g/mol. The maximum absolute atomic E-state index is 9.44. The lowest BCUT2D eigenvalue weighted by Gasteiger charge is -2.11. The van der Waals surface area contributed by atoms with Gasteiger partial charge in [-0.05, 0) is 24.6 Å². The molecular formula is C16H21N3O3. The van der Waals surface area contributed by atoms with Crippen molar-refractivity contribution >= 4 is 5.82 Å². The van der Waals surface area contributed by atoms with Gasteiger partial charge in [-0.15, -0.1) is 10.2 Å². The highest BCUT2D eigenvalue weighted by Crippen LogP contribution is 2.20. The van der Waals surface area contributed by atoms with E-state index in [2.05, 4.69) is 15.5 Å². The van der Waals surface area contributed by atoms with Crippen LogP contribution in [0.3, 0.4) is 0 Å². The third kappa shape index (κ3) is 4.33. The van der Waals surface area contributed by atoms with Crippen LogP contribution in [0, 0.1) is 0 Å². The number of ether oxygens (including phenoxy) is 2. The lowest BCUT2D eigenvalue weighted by atomic mass is 10.2. The Morgan fingerprint density at radius 3 is 2.45 bits per heavy atom. The van der Waals surface area contributed by atoms with Crippen LogP contribution in [0.25, 0.3) is 0 Å². The number of anilines is 1. The molecule has 1 unspecified atom stereocenters. The van der Waals surface area contributed by atoms with Gasteiger partial charge in [-0.1, -0.05) is 12.1 Å². The van der Waals surface area contributed by atoms with Gasteiger partial charge in [0, 0.05) is 19.0 Å². The molecule has 0 saturated heterocycles. The van der Waals surface area contributed by atoms with Gasteiger partial charge in [0.1, 0.15) is 17.2 Å². The third-order valence-electron chi connectivity index (χ3n) is 3.17. The van der Waals surface area contributed by atoms with Crippen molar-refractivity contribution in [3.8, 4) is 11.5 Å². The molecule has 1 aromatic heterocycles. The highest BCUT2D eigenvalue weighted by Gasteiger charge is 2.10. The van der Waals surface area contributed by atoms with Gasteiger partial charge in [0.05, 0.1) is 20.3 Å². The van der Waals surface area contributed by atoms with Crippen LogP contribution in [0.4, 0.5) is 5.82 Å². The van der Waals surface area contributed by atoms with E-state index in [1.807, 2.05) is 24.3 Å². The molecule has 2 aromatic rings. The summed E-state index contributed by atoms with van der Waals surface area (Å²) in [5.41, 5.74) is 1.75. The largest absolute Gasteiger partial charge is 0.497 e. The number of nitrogens with one attached hydrogen (secondary N) is 1. The summed E-state index contributed by atoms with van der Waals surface area (Å²) in [4.78, 5) is 0. The molecule has 2 rings (SSSR count). The van der Waals surface area contributed by atoms with Gasteiger partial charge in [0.25, 0.3) is 0 Å². The van der Waals surface area contributed by atoms with Gasteiger partial charge < -0.3 is 19.9 Å². The average Bonchev–Trinajstić information content (AvgIpc) is 2.54. The van der Waals surface area contributed by atoms with Gasteiger partial charge in [0.2, 0.25) is 0 Å². The minimum Gasteiger partial charge on any atom is -0.497 e. The zero-order chi connectivity index (χ0) is 15.9. The maximum Gasteiger partial charge on any atom is 0.152 e. The molecule has 118 valence electrons. The second kappa shape index (κ2) is 7.61. The molecule has 1 heterocycles. The van der Waals surface area contributed by atoms with Gasteiger partial charge in [-0.2, -0.15) is 0 Å². The Morgan fingerprint density at radius 2 is 1.86 bits per heavy atom. The summed E-state index contributed by atoms with van der Waals surface area (Å²) in [6, 6.07) is 9.58. The predicted molar refractivity (Wildman–Crippen MR) is 84.3 cm³/mol. The molecule has 0 bridgehead atoms. The van der Waals surface area contributed by atoms with E-state index in [-0.39, 0.29) is 0 Å². The zero-order valence-electron chi connectivity index (χ0n) is 13.0. The van der Waals surface area contributed by atoms with Crippen LogP contribution in [0.5, 0.6) is 11.5 Å². The fourth-order valence-corrected chi connectivity index (χ4v) is 2.02. The second-order valence-corrected chi connectivity index (χ2v) is 5.00. The fourth-order valence-electron chi connectivity index (χ4n) is 2.02. The zero-order valence-corrected chi connectivity index (χ0v) is 13.0. The third-order valence-corrected chi connectivity index (χ3v) is 3.17. The molecule has 0 amide bonds. The van der Waals surface area contributed by atoms with Gasteiger partial charge in [-0.25, -0.2) is 0 Å². The Hall–Kier alpha value is -2.34. The maximum atomic E-state index is 9.44. The Labute approximate surface area is 130 Å². The van der Waals surface area contributed by atoms with Crippen molar-refractivity contribution in [3.63, 3.8) is 0 Å². The van der Waals surface area contributed by atoms with E-state index in [1.165, 1.54) is 0 Å². The van der Waals surface area contributed by atoms with Crippen molar-refractivity contribution < 1.29 is 14.6 Å². The summed E-state index contributed by atoms with van der Waals surface area (Å²) >= 11 is 0. The monoisotopic (exact) mass is 303 g/mol. The van der Waals surface area contributed by atoms with Crippen LogP contribution in [0.15, 0.2) is 30.3 Å². The highest BCUT2D eigenvalue weighted by atomic mass is 16.5. The first-order chi connectivity index (χ1) is 10.6. The molecule has 0 spiro atoms. The van der Waals surface area contributed by atoms with Crippen LogP contribution in [0.2, 0.25) is 0 Å². The van der Waals surface area contributed by atoms with Crippen molar-refractivity contribution in [2.24, 2.45) is 0 Å². The summed E-state index contributed by atoms with van der Waals surface area (Å²) in [6.45, 7) is 2.33. The predicted octanol–water partition coefficient (Wildman–Crippen LogP) is 2.03. The lowest BCUT2D eigenvalue weighted by molar-refractivity contribution is 0.192. The number of benzene rings is 1. The van der Waals surface area contributed by atoms with Gasteiger partial charge in [0.15, 0.2) is 5.82 Å². The minimum atomic E-state index is -0.485. The SMILES string of the molecule is COc1ccc(CNc2cc(OC)c(CC(C)O)nn2)cc1. The molecule has 0 fully saturated rings. The van der Waals surface area contributed by atoms with E-state index in [0.717, 1.165) is 11.3 Å². The van der Waals surface area contributed by atoms with E-state index < -0.39 is 6.10 Å². The van der Waals surface area contributed by atoms with Crippen LogP contribution >= 0.6 is 0 Å². The Morgan fingerprint density at radius 1 is 1.14 bits per heavy atom. The van der Waals surface area contributed by atoms with Crippen LogP contribution in [-0.4, -0.2) is 35.6 Å². The van der Waals surface area contributed by atoms with Crippen molar-refractivity contribution in [2.45, 2.75) is 26.0 Å². The van der Waals surface area contributed by atoms with Gasteiger partial charge in [-0.3, -0.25) is 0 Å². The fraction of sp³-hybridized carbons (Fsp3) is 0.375. The minimum absolute atomic E-state index is 0.412. The summed E-state index contributed by atoms with van der Waals surface area (Å²) in [7, 11) is 3.22. The summed E-state index contributed by atoms with van der Waals surface area (Å²) in [5.74, 6) is 2.07. The molecule has 0 saturated carbocycles. The van der Waals surface area contributed by atoms with Gasteiger partial charge >= 0.3 is 0 Å². The van der Waals surface area contributed by atoms with E-state index in [1.54, 1.807) is 27.2 Å². The standard InChI is InChI=1S/C16H21N3O3/c1-11(20)8-14-15(22-3)9-16(19-18-14)17-10-12-4-6-13(21-2)7-5-12/h4-7,9,11,20H,8,10H2,1-3H3,(H,17,19). The molecule has 1 atom stereocenters. The number of aliphatic hydroxyl groups excluding tert-OH is 1. The van der Waals surface area contributed by atoms with E-state index >= 15 is 0 Å². The number of aliphatic hydroxyl groups is 1. The quantitative estimate of drug-likeness (QED) is 0.815. The Bertz CT molecular complexity index is 600. The molecule has 22 heavy (non-hydrogen) atoms. The number of nitrogens with zero attached hydrogens (tertiary/aromatic N) is 2. The Balaban J connectivity index is 2.02.